The molecule has 110 valence electrons. The van der Waals surface area contributed by atoms with E-state index in [1.807, 2.05) is 44.2 Å². The van der Waals surface area contributed by atoms with E-state index in [0.717, 1.165) is 5.56 Å². The SMILES string of the molecule is CC(C)C1C(c2ccccc2)NC(C(=O)O)CS1(=O)=O. The summed E-state index contributed by atoms with van der Waals surface area (Å²) in [5, 5.41) is 11.5. The van der Waals surface area contributed by atoms with Crippen LogP contribution < -0.4 is 5.32 Å². The molecule has 1 aliphatic rings. The Morgan fingerprint density at radius 3 is 2.40 bits per heavy atom. The van der Waals surface area contributed by atoms with Crippen LogP contribution in [0, 0.1) is 5.92 Å². The maximum Gasteiger partial charge on any atom is 0.321 e. The third kappa shape index (κ3) is 2.86. The molecule has 0 amide bonds. The van der Waals surface area contributed by atoms with Crippen LogP contribution in [0.15, 0.2) is 30.3 Å². The second-order valence-electron chi connectivity index (χ2n) is 5.48. The second kappa shape index (κ2) is 5.54. The van der Waals surface area contributed by atoms with Gasteiger partial charge in [-0.3, -0.25) is 10.1 Å². The zero-order valence-corrected chi connectivity index (χ0v) is 12.3. The highest BCUT2D eigenvalue weighted by atomic mass is 32.2. The third-order valence-corrected chi connectivity index (χ3v) is 6.08. The van der Waals surface area contributed by atoms with Gasteiger partial charge < -0.3 is 5.11 Å². The summed E-state index contributed by atoms with van der Waals surface area (Å²) in [6.07, 6.45) is 0. The average molecular weight is 297 g/mol. The average Bonchev–Trinajstić information content (AvgIpc) is 2.37. The van der Waals surface area contributed by atoms with Gasteiger partial charge in [-0.1, -0.05) is 44.2 Å². The van der Waals surface area contributed by atoms with Gasteiger partial charge in [-0.05, 0) is 11.5 Å². The molecule has 0 saturated carbocycles. The van der Waals surface area contributed by atoms with Gasteiger partial charge in [0.2, 0.25) is 0 Å². The van der Waals surface area contributed by atoms with Gasteiger partial charge in [0, 0.05) is 6.04 Å². The molecule has 1 aliphatic heterocycles. The lowest BCUT2D eigenvalue weighted by atomic mass is 9.95. The van der Waals surface area contributed by atoms with Gasteiger partial charge >= 0.3 is 5.97 Å². The lowest BCUT2D eigenvalue weighted by Crippen LogP contribution is -2.57. The van der Waals surface area contributed by atoms with Crippen LogP contribution in [-0.4, -0.2) is 36.5 Å². The first-order chi connectivity index (χ1) is 9.33. The van der Waals surface area contributed by atoms with E-state index >= 15 is 0 Å². The highest BCUT2D eigenvalue weighted by Crippen LogP contribution is 2.32. The van der Waals surface area contributed by atoms with Crippen LogP contribution in [0.4, 0.5) is 0 Å². The maximum atomic E-state index is 12.4. The van der Waals surface area contributed by atoms with E-state index in [-0.39, 0.29) is 11.7 Å². The van der Waals surface area contributed by atoms with E-state index in [9.17, 15) is 13.2 Å². The number of benzene rings is 1. The van der Waals surface area contributed by atoms with Crippen LogP contribution in [0.2, 0.25) is 0 Å². The Bertz CT molecular complexity index is 582. The van der Waals surface area contributed by atoms with Gasteiger partial charge in [0.25, 0.3) is 0 Å². The number of carbonyl (C=O) groups is 1. The van der Waals surface area contributed by atoms with Gasteiger partial charge in [-0.15, -0.1) is 0 Å². The second-order valence-corrected chi connectivity index (χ2v) is 7.69. The number of sulfone groups is 1. The highest BCUT2D eigenvalue weighted by molar-refractivity contribution is 7.92. The highest BCUT2D eigenvalue weighted by Gasteiger charge is 2.45. The number of carboxylic acids is 1. The number of rotatable bonds is 3. The van der Waals surface area contributed by atoms with Crippen molar-refractivity contribution in [1.82, 2.24) is 5.32 Å². The van der Waals surface area contributed by atoms with Gasteiger partial charge in [-0.2, -0.15) is 0 Å². The van der Waals surface area contributed by atoms with Gasteiger partial charge in [0.1, 0.15) is 6.04 Å². The van der Waals surface area contributed by atoms with E-state index in [2.05, 4.69) is 5.32 Å². The Labute approximate surface area is 118 Å². The minimum Gasteiger partial charge on any atom is -0.480 e. The fourth-order valence-electron chi connectivity index (χ4n) is 2.80. The van der Waals surface area contributed by atoms with Gasteiger partial charge in [0.15, 0.2) is 9.84 Å². The summed E-state index contributed by atoms with van der Waals surface area (Å²) in [7, 11) is -3.46. The summed E-state index contributed by atoms with van der Waals surface area (Å²) in [5.74, 6) is -1.57. The first kappa shape index (κ1) is 15.0. The molecule has 2 N–H and O–H groups in total. The molecule has 1 aromatic carbocycles. The molecule has 0 aromatic heterocycles. The largest absolute Gasteiger partial charge is 0.480 e. The molecule has 3 atom stereocenters. The number of aliphatic carboxylic acids is 1. The first-order valence-electron chi connectivity index (χ1n) is 6.58. The molecular formula is C14H19NO4S. The molecule has 2 rings (SSSR count). The van der Waals surface area contributed by atoms with Gasteiger partial charge in [0.05, 0.1) is 11.0 Å². The quantitative estimate of drug-likeness (QED) is 0.876. The minimum absolute atomic E-state index is 0.0903. The molecule has 1 fully saturated rings. The summed E-state index contributed by atoms with van der Waals surface area (Å²) < 4.78 is 24.8. The summed E-state index contributed by atoms with van der Waals surface area (Å²) in [6.45, 7) is 3.70. The van der Waals surface area contributed by atoms with Crippen LogP contribution in [-0.2, 0) is 14.6 Å². The fourth-order valence-corrected chi connectivity index (χ4v) is 5.20. The lowest BCUT2D eigenvalue weighted by Gasteiger charge is -2.38. The van der Waals surface area contributed by atoms with Crippen molar-refractivity contribution in [3.63, 3.8) is 0 Å². The number of hydrogen-bond donors (Lipinski definition) is 2. The van der Waals surface area contributed by atoms with Crippen molar-refractivity contribution >= 4 is 15.8 Å². The molecule has 0 bridgehead atoms. The van der Waals surface area contributed by atoms with Crippen LogP contribution in [0.3, 0.4) is 0 Å². The van der Waals surface area contributed by atoms with Crippen molar-refractivity contribution in [2.24, 2.45) is 5.92 Å². The molecule has 20 heavy (non-hydrogen) atoms. The molecular weight excluding hydrogens is 278 g/mol. The monoisotopic (exact) mass is 297 g/mol. The van der Waals surface area contributed by atoms with Crippen molar-refractivity contribution in [1.29, 1.82) is 0 Å². The third-order valence-electron chi connectivity index (χ3n) is 3.64. The smallest absolute Gasteiger partial charge is 0.321 e. The molecule has 6 heteroatoms. The Balaban J connectivity index is 2.46. The molecule has 1 saturated heterocycles. The molecule has 5 nitrogen and oxygen atoms in total. The normalized spacial score (nSPS) is 29.2. The standard InChI is InChI=1S/C14H19NO4S/c1-9(2)13-12(10-6-4-3-5-7-10)15-11(14(16)17)8-20(13,18)19/h3-7,9,11-13,15H,8H2,1-2H3,(H,16,17). The first-order valence-corrected chi connectivity index (χ1v) is 8.30. The predicted molar refractivity (Wildman–Crippen MR) is 76.2 cm³/mol. The molecule has 1 aromatic rings. The van der Waals surface area contributed by atoms with Crippen LogP contribution in [0.25, 0.3) is 0 Å². The zero-order valence-electron chi connectivity index (χ0n) is 11.5. The number of carboxylic acid groups (broad SMARTS) is 1. The Morgan fingerprint density at radius 2 is 1.90 bits per heavy atom. The fraction of sp³-hybridized carbons (Fsp3) is 0.500. The number of nitrogens with one attached hydrogen (secondary N) is 1. The summed E-state index contributed by atoms with van der Waals surface area (Å²) in [6, 6.07) is 7.60. The minimum atomic E-state index is -3.46. The van der Waals surface area contributed by atoms with Crippen LogP contribution in [0.1, 0.15) is 25.5 Å². The zero-order chi connectivity index (χ0) is 14.9. The lowest BCUT2D eigenvalue weighted by molar-refractivity contribution is -0.139. The molecule has 1 heterocycles. The Hall–Kier alpha value is -1.40. The van der Waals surface area contributed by atoms with Crippen molar-refractivity contribution < 1.29 is 18.3 Å². The summed E-state index contributed by atoms with van der Waals surface area (Å²) in [5.41, 5.74) is 0.806. The van der Waals surface area contributed by atoms with Crippen LogP contribution >= 0.6 is 0 Å². The van der Waals surface area contributed by atoms with E-state index in [4.69, 9.17) is 5.11 Å². The van der Waals surface area contributed by atoms with Crippen molar-refractivity contribution in [2.75, 3.05) is 5.75 Å². The topological polar surface area (TPSA) is 83.5 Å². The molecule has 0 spiro atoms. The van der Waals surface area contributed by atoms with Crippen molar-refractivity contribution in [2.45, 2.75) is 31.2 Å². The van der Waals surface area contributed by atoms with Crippen molar-refractivity contribution in [3.05, 3.63) is 35.9 Å². The number of hydrogen-bond acceptors (Lipinski definition) is 4. The van der Waals surface area contributed by atoms with E-state index in [0.29, 0.717) is 0 Å². The molecule has 0 radical (unpaired) electrons. The van der Waals surface area contributed by atoms with E-state index in [1.54, 1.807) is 0 Å². The summed E-state index contributed by atoms with van der Waals surface area (Å²) >= 11 is 0. The Kier molecular flexibility index (Phi) is 4.15. The summed E-state index contributed by atoms with van der Waals surface area (Å²) in [4.78, 5) is 11.2. The van der Waals surface area contributed by atoms with E-state index < -0.39 is 33.1 Å². The predicted octanol–water partition coefficient (Wildman–Crippen LogP) is 1.22. The molecule has 0 aliphatic carbocycles. The molecule has 3 unspecified atom stereocenters. The Morgan fingerprint density at radius 1 is 1.30 bits per heavy atom. The van der Waals surface area contributed by atoms with Gasteiger partial charge in [-0.25, -0.2) is 8.42 Å². The van der Waals surface area contributed by atoms with Crippen LogP contribution in [0.5, 0.6) is 0 Å². The van der Waals surface area contributed by atoms with E-state index in [1.165, 1.54) is 0 Å². The van der Waals surface area contributed by atoms with Crippen molar-refractivity contribution in [3.8, 4) is 0 Å². The maximum absolute atomic E-state index is 12.4.